The van der Waals surface area contributed by atoms with Gasteiger partial charge in [0, 0.05) is 18.1 Å². The van der Waals surface area contributed by atoms with Gasteiger partial charge in [-0.2, -0.15) is 0 Å². The Balaban J connectivity index is 2.03. The van der Waals surface area contributed by atoms with E-state index in [0.717, 1.165) is 10.7 Å². The minimum absolute atomic E-state index is 0.242. The van der Waals surface area contributed by atoms with E-state index in [1.54, 1.807) is 28.0 Å². The minimum atomic E-state index is -1.23. The summed E-state index contributed by atoms with van der Waals surface area (Å²) in [5, 5.41) is 12.4. The number of carboxylic acids is 1. The number of carboxylic acid groups (broad SMARTS) is 1. The van der Waals surface area contributed by atoms with E-state index in [2.05, 4.69) is 23.8 Å². The van der Waals surface area contributed by atoms with E-state index in [-0.39, 0.29) is 5.56 Å². The maximum atomic E-state index is 12.3. The Morgan fingerprint density at radius 2 is 2.08 bits per heavy atom. The lowest BCUT2D eigenvalue weighted by molar-refractivity contribution is 0.0695. The molecule has 3 heterocycles. The SMILES string of the molecule is CCn1cc(C(=O)O)c(=O)c2ccc(/C=C/c3nc(C(C)C)cs3)nc21. The van der Waals surface area contributed by atoms with E-state index < -0.39 is 11.4 Å². The van der Waals surface area contributed by atoms with Crippen LogP contribution in [0.3, 0.4) is 0 Å². The number of fused-ring (bicyclic) bond motifs is 1. The van der Waals surface area contributed by atoms with Gasteiger partial charge in [-0.1, -0.05) is 13.8 Å². The highest BCUT2D eigenvalue weighted by Gasteiger charge is 2.15. The Labute approximate surface area is 154 Å². The van der Waals surface area contributed by atoms with Gasteiger partial charge in [0.25, 0.3) is 0 Å². The fourth-order valence-electron chi connectivity index (χ4n) is 2.57. The fraction of sp³-hybridized carbons (Fsp3) is 0.263. The number of hydrogen-bond donors (Lipinski definition) is 1. The summed E-state index contributed by atoms with van der Waals surface area (Å²) in [7, 11) is 0. The number of aryl methyl sites for hydroxylation is 1. The Kier molecular flexibility index (Phi) is 4.99. The maximum Gasteiger partial charge on any atom is 0.341 e. The van der Waals surface area contributed by atoms with Crippen LogP contribution in [0.15, 0.2) is 28.5 Å². The number of aromatic carboxylic acids is 1. The van der Waals surface area contributed by atoms with Crippen molar-refractivity contribution in [3.8, 4) is 0 Å². The second kappa shape index (κ2) is 7.21. The van der Waals surface area contributed by atoms with Crippen molar-refractivity contribution in [2.75, 3.05) is 0 Å². The predicted octanol–water partition coefficient (Wildman–Crippen LogP) is 3.86. The van der Waals surface area contributed by atoms with Crippen LogP contribution in [0.2, 0.25) is 0 Å². The third-order valence-electron chi connectivity index (χ3n) is 4.04. The van der Waals surface area contributed by atoms with E-state index in [1.807, 2.05) is 24.5 Å². The average molecular weight is 369 g/mol. The molecule has 6 nitrogen and oxygen atoms in total. The summed E-state index contributed by atoms with van der Waals surface area (Å²) in [6.07, 6.45) is 5.09. The Morgan fingerprint density at radius 1 is 1.31 bits per heavy atom. The molecule has 0 aliphatic carbocycles. The summed E-state index contributed by atoms with van der Waals surface area (Å²) in [6, 6.07) is 3.34. The molecule has 0 saturated heterocycles. The summed E-state index contributed by atoms with van der Waals surface area (Å²) < 4.78 is 1.68. The zero-order chi connectivity index (χ0) is 18.8. The molecule has 3 rings (SSSR count). The lowest BCUT2D eigenvalue weighted by Gasteiger charge is -2.09. The van der Waals surface area contributed by atoms with Gasteiger partial charge in [0.05, 0.1) is 16.8 Å². The first-order valence-corrected chi connectivity index (χ1v) is 9.19. The van der Waals surface area contributed by atoms with Crippen LogP contribution in [0, 0.1) is 0 Å². The van der Waals surface area contributed by atoms with Crippen molar-refractivity contribution >= 4 is 40.5 Å². The molecule has 134 valence electrons. The molecule has 0 atom stereocenters. The van der Waals surface area contributed by atoms with Crippen molar-refractivity contribution < 1.29 is 9.90 Å². The smallest absolute Gasteiger partial charge is 0.341 e. The molecule has 0 spiro atoms. The molecule has 0 bridgehead atoms. The fourth-order valence-corrected chi connectivity index (χ4v) is 3.44. The Hall–Kier alpha value is -2.80. The summed E-state index contributed by atoms with van der Waals surface area (Å²) in [6.45, 7) is 6.59. The molecule has 0 radical (unpaired) electrons. The molecule has 3 aromatic rings. The van der Waals surface area contributed by atoms with Gasteiger partial charge in [-0.05, 0) is 37.1 Å². The van der Waals surface area contributed by atoms with Gasteiger partial charge >= 0.3 is 5.97 Å². The third-order valence-corrected chi connectivity index (χ3v) is 4.87. The van der Waals surface area contributed by atoms with E-state index in [4.69, 9.17) is 0 Å². The molecule has 0 saturated carbocycles. The van der Waals surface area contributed by atoms with Crippen LogP contribution < -0.4 is 5.43 Å². The van der Waals surface area contributed by atoms with Crippen LogP contribution in [0.1, 0.15) is 53.4 Å². The van der Waals surface area contributed by atoms with Gasteiger partial charge in [0.1, 0.15) is 16.2 Å². The number of pyridine rings is 2. The Bertz CT molecular complexity index is 1060. The van der Waals surface area contributed by atoms with Crippen LogP contribution in [0.25, 0.3) is 23.2 Å². The van der Waals surface area contributed by atoms with Gasteiger partial charge in [0.2, 0.25) is 5.43 Å². The van der Waals surface area contributed by atoms with Crippen molar-refractivity contribution in [3.05, 3.63) is 55.9 Å². The third kappa shape index (κ3) is 3.43. The molecule has 0 amide bonds. The quantitative estimate of drug-likeness (QED) is 0.738. The summed E-state index contributed by atoms with van der Waals surface area (Å²) >= 11 is 1.57. The molecule has 3 aromatic heterocycles. The number of thiazole rings is 1. The highest BCUT2D eigenvalue weighted by molar-refractivity contribution is 7.10. The zero-order valence-corrected chi connectivity index (χ0v) is 15.6. The van der Waals surface area contributed by atoms with Crippen LogP contribution in [0.5, 0.6) is 0 Å². The average Bonchev–Trinajstić information content (AvgIpc) is 3.09. The number of rotatable bonds is 5. The van der Waals surface area contributed by atoms with Gasteiger partial charge in [0.15, 0.2) is 0 Å². The number of carbonyl (C=O) groups is 1. The molecule has 0 unspecified atom stereocenters. The molecule has 7 heteroatoms. The summed E-state index contributed by atoms with van der Waals surface area (Å²) in [5.74, 6) is -0.845. The molecule has 0 aromatic carbocycles. The van der Waals surface area contributed by atoms with Crippen molar-refractivity contribution in [1.29, 1.82) is 0 Å². The Morgan fingerprint density at radius 3 is 2.69 bits per heavy atom. The number of nitrogens with zero attached hydrogens (tertiary/aromatic N) is 3. The second-order valence-electron chi connectivity index (χ2n) is 6.17. The van der Waals surface area contributed by atoms with Crippen molar-refractivity contribution in [2.24, 2.45) is 0 Å². The predicted molar refractivity (Wildman–Crippen MR) is 104 cm³/mol. The first-order valence-electron chi connectivity index (χ1n) is 8.31. The van der Waals surface area contributed by atoms with Crippen molar-refractivity contribution in [1.82, 2.24) is 14.5 Å². The number of hydrogen-bond acceptors (Lipinski definition) is 5. The van der Waals surface area contributed by atoms with E-state index >= 15 is 0 Å². The van der Waals surface area contributed by atoms with Gasteiger partial charge in [-0.15, -0.1) is 11.3 Å². The van der Waals surface area contributed by atoms with E-state index in [9.17, 15) is 14.7 Å². The summed E-state index contributed by atoms with van der Waals surface area (Å²) in [4.78, 5) is 32.7. The highest BCUT2D eigenvalue weighted by atomic mass is 32.1. The normalized spacial score (nSPS) is 11.7. The monoisotopic (exact) mass is 369 g/mol. The highest BCUT2D eigenvalue weighted by Crippen LogP contribution is 2.20. The van der Waals surface area contributed by atoms with Crippen LogP contribution in [0.4, 0.5) is 0 Å². The van der Waals surface area contributed by atoms with Gasteiger partial charge < -0.3 is 9.67 Å². The molecule has 0 fully saturated rings. The van der Waals surface area contributed by atoms with Crippen LogP contribution >= 0.6 is 11.3 Å². The lowest BCUT2D eigenvalue weighted by atomic mass is 10.1. The standard InChI is InChI=1S/C19H19N3O3S/c1-4-22-9-14(19(24)25)17(23)13-7-5-12(20-18(13)22)6-8-16-21-15(10-26-16)11(2)3/h5-11H,4H2,1-3H3,(H,24,25)/b8-6+. The molecule has 1 N–H and O–H groups in total. The lowest BCUT2D eigenvalue weighted by Crippen LogP contribution is -2.19. The molecule has 0 aliphatic rings. The van der Waals surface area contributed by atoms with Gasteiger partial charge in [-0.3, -0.25) is 4.79 Å². The minimum Gasteiger partial charge on any atom is -0.477 e. The van der Waals surface area contributed by atoms with Crippen molar-refractivity contribution in [2.45, 2.75) is 33.2 Å². The van der Waals surface area contributed by atoms with E-state index in [0.29, 0.717) is 29.2 Å². The largest absolute Gasteiger partial charge is 0.477 e. The number of aromatic nitrogens is 3. The first kappa shape index (κ1) is 18.0. The summed E-state index contributed by atoms with van der Waals surface area (Å²) in [5.41, 5.74) is 1.47. The topological polar surface area (TPSA) is 85.1 Å². The van der Waals surface area contributed by atoms with Crippen molar-refractivity contribution in [3.63, 3.8) is 0 Å². The zero-order valence-electron chi connectivity index (χ0n) is 14.8. The molecular weight excluding hydrogens is 350 g/mol. The van der Waals surface area contributed by atoms with Gasteiger partial charge in [-0.25, -0.2) is 14.8 Å². The van der Waals surface area contributed by atoms with E-state index in [1.165, 1.54) is 6.20 Å². The van der Waals surface area contributed by atoms with Crippen LogP contribution in [-0.2, 0) is 6.54 Å². The maximum absolute atomic E-state index is 12.3. The first-order chi connectivity index (χ1) is 12.4. The molecule has 26 heavy (non-hydrogen) atoms. The van der Waals surface area contributed by atoms with Crippen LogP contribution in [-0.4, -0.2) is 25.6 Å². The molecule has 0 aliphatic heterocycles. The second-order valence-corrected chi connectivity index (χ2v) is 7.06. The molecular formula is C19H19N3O3S.